The number of rotatable bonds is 6. The van der Waals surface area contributed by atoms with Gasteiger partial charge in [-0.15, -0.1) is 0 Å². The number of halogens is 1. The number of hydrogen-bond donors (Lipinski definition) is 1. The second-order valence-corrected chi connectivity index (χ2v) is 7.20. The molecule has 1 aliphatic carbocycles. The Morgan fingerprint density at radius 1 is 1.32 bits per heavy atom. The number of alkyl halides is 1. The zero-order valence-corrected chi connectivity index (χ0v) is 15.9. The molecule has 1 aromatic rings. The predicted molar refractivity (Wildman–Crippen MR) is 103 cm³/mol. The average Bonchev–Trinajstić information content (AvgIpc) is 2.67. The Balaban J connectivity index is 1.77. The van der Waals surface area contributed by atoms with Crippen molar-refractivity contribution in [2.45, 2.75) is 17.7 Å². The maximum absolute atomic E-state index is 12.8. The number of amides is 1. The van der Waals surface area contributed by atoms with Crippen LogP contribution in [0.25, 0.3) is 0 Å². The summed E-state index contributed by atoms with van der Waals surface area (Å²) in [4.78, 5) is 41.0. The monoisotopic (exact) mass is 402 g/mol. The summed E-state index contributed by atoms with van der Waals surface area (Å²) >= 11 is 6.51. The molecule has 0 radical (unpaired) electrons. The van der Waals surface area contributed by atoms with Crippen LogP contribution in [-0.2, 0) is 25.7 Å². The average molecular weight is 403 g/mol. The molecule has 1 aliphatic heterocycles. The molecule has 0 saturated heterocycles. The van der Waals surface area contributed by atoms with Gasteiger partial charge < -0.3 is 14.7 Å². The summed E-state index contributed by atoms with van der Waals surface area (Å²) in [5, 5.41) is 7.52. The molecular formula is C20H19ClN2O5. The number of carboxylic acids is 1. The summed E-state index contributed by atoms with van der Waals surface area (Å²) < 4.78 is 5.78. The minimum atomic E-state index is -1.32. The van der Waals surface area contributed by atoms with Gasteiger partial charge in [-0.3, -0.25) is 19.4 Å². The van der Waals surface area contributed by atoms with Crippen molar-refractivity contribution in [2.75, 3.05) is 13.6 Å². The Hall–Kier alpha value is -2.77. The summed E-state index contributed by atoms with van der Waals surface area (Å²) in [6.45, 7) is -0.269. The highest BCUT2D eigenvalue weighted by atomic mass is 35.5. The van der Waals surface area contributed by atoms with Crippen molar-refractivity contribution >= 4 is 35.5 Å². The second-order valence-electron chi connectivity index (χ2n) is 6.61. The van der Waals surface area contributed by atoms with Crippen LogP contribution in [-0.4, -0.2) is 58.6 Å². The first kappa shape index (κ1) is 20.0. The van der Waals surface area contributed by atoms with E-state index in [1.165, 1.54) is 19.3 Å². The molecule has 0 aromatic heterocycles. The number of benzene rings is 1. The Labute approximate surface area is 167 Å². The molecule has 0 saturated carbocycles. The molecule has 3 rings (SSSR count). The van der Waals surface area contributed by atoms with Crippen LogP contribution in [0.1, 0.15) is 5.56 Å². The van der Waals surface area contributed by atoms with Gasteiger partial charge in [0.05, 0.1) is 6.61 Å². The molecule has 2 aliphatic rings. The third-order valence-electron chi connectivity index (χ3n) is 4.46. The molecule has 8 heteroatoms. The van der Waals surface area contributed by atoms with Gasteiger partial charge in [0, 0.05) is 24.8 Å². The van der Waals surface area contributed by atoms with Gasteiger partial charge in [0.1, 0.15) is 6.54 Å². The molecule has 7 nitrogen and oxygen atoms in total. The zero-order valence-electron chi connectivity index (χ0n) is 15.1. The Morgan fingerprint density at radius 3 is 2.71 bits per heavy atom. The number of nitrogens with zero attached hydrogens (tertiary/aromatic N) is 2. The largest absolute Gasteiger partial charge is 0.480 e. The third kappa shape index (κ3) is 4.37. The molecule has 3 atom stereocenters. The quantitative estimate of drug-likeness (QED) is 0.444. The fourth-order valence-electron chi connectivity index (χ4n) is 2.99. The number of carbonyl (C=O) groups excluding carboxylic acids is 2. The summed E-state index contributed by atoms with van der Waals surface area (Å²) in [6, 6.07) is 8.15. The summed E-state index contributed by atoms with van der Waals surface area (Å²) in [5.74, 6) is -2.75. The normalized spacial score (nSPS) is 25.8. The van der Waals surface area contributed by atoms with Gasteiger partial charge in [-0.1, -0.05) is 48.0 Å². The lowest BCUT2D eigenvalue weighted by molar-refractivity contribution is -0.145. The van der Waals surface area contributed by atoms with Crippen LogP contribution in [0.5, 0.6) is 0 Å². The standard InChI is InChI=1S/C20H19ClN2O5/c1-23(11-16(24)25)19(27)17-18(26)15-9-20(21,8-7-14(15)10-22-17)28-12-13-5-3-2-4-6-13/h2-10,14,17H,11-12H2,1H3,(H,24,25). The van der Waals surface area contributed by atoms with E-state index in [4.69, 9.17) is 21.4 Å². The smallest absolute Gasteiger partial charge is 0.323 e. The van der Waals surface area contributed by atoms with E-state index < -0.39 is 41.2 Å². The van der Waals surface area contributed by atoms with E-state index in [0.29, 0.717) is 5.57 Å². The van der Waals surface area contributed by atoms with Gasteiger partial charge in [-0.2, -0.15) is 0 Å². The highest BCUT2D eigenvalue weighted by Gasteiger charge is 2.40. The summed E-state index contributed by atoms with van der Waals surface area (Å²) in [7, 11) is 1.31. The van der Waals surface area contributed by atoms with Crippen LogP contribution < -0.4 is 0 Å². The number of fused-ring (bicyclic) bond motifs is 1. The van der Waals surface area contributed by atoms with E-state index in [2.05, 4.69) is 4.99 Å². The number of aliphatic carboxylic acids is 1. The molecule has 3 unspecified atom stereocenters. The lowest BCUT2D eigenvalue weighted by Crippen LogP contribution is -2.46. The molecule has 0 fully saturated rings. The number of Topliss-reactive ketones (excluding diaryl/α,β-unsaturated/α-hetero) is 1. The van der Waals surface area contributed by atoms with E-state index in [9.17, 15) is 14.4 Å². The summed E-state index contributed by atoms with van der Waals surface area (Å²) in [5.41, 5.74) is 1.24. The van der Waals surface area contributed by atoms with Gasteiger partial charge in [0.15, 0.2) is 16.9 Å². The lowest BCUT2D eigenvalue weighted by Gasteiger charge is -2.31. The summed E-state index contributed by atoms with van der Waals surface area (Å²) in [6.07, 6.45) is 6.34. The molecule has 146 valence electrons. The number of aliphatic imine (C=N–C) groups is 1. The SMILES string of the molecule is CN(CC(=O)O)C(=O)C1N=CC2C=CC(Cl)(OCc3ccccc3)C=C2C1=O. The Morgan fingerprint density at radius 2 is 2.04 bits per heavy atom. The fraction of sp³-hybridized carbons (Fsp3) is 0.300. The topological polar surface area (TPSA) is 96.3 Å². The minimum Gasteiger partial charge on any atom is -0.480 e. The first-order chi connectivity index (χ1) is 13.3. The van der Waals surface area contributed by atoms with Crippen molar-refractivity contribution in [1.29, 1.82) is 0 Å². The highest BCUT2D eigenvalue weighted by molar-refractivity contribution is 6.27. The van der Waals surface area contributed by atoms with Crippen molar-refractivity contribution in [1.82, 2.24) is 4.90 Å². The Kier molecular flexibility index (Phi) is 5.76. The van der Waals surface area contributed by atoms with Crippen molar-refractivity contribution in [3.05, 3.63) is 59.7 Å². The zero-order chi connectivity index (χ0) is 20.3. The third-order valence-corrected chi connectivity index (χ3v) is 4.80. The van der Waals surface area contributed by atoms with Gasteiger partial charge >= 0.3 is 5.97 Å². The van der Waals surface area contributed by atoms with E-state index in [1.807, 2.05) is 30.3 Å². The molecule has 1 N–H and O–H groups in total. The van der Waals surface area contributed by atoms with Crippen LogP contribution in [0.4, 0.5) is 0 Å². The molecule has 1 aromatic carbocycles. The van der Waals surface area contributed by atoms with Gasteiger partial charge in [-0.25, -0.2) is 0 Å². The van der Waals surface area contributed by atoms with Crippen LogP contribution in [0.3, 0.4) is 0 Å². The predicted octanol–water partition coefficient (Wildman–Crippen LogP) is 1.82. The number of hydrogen-bond acceptors (Lipinski definition) is 5. The van der Waals surface area contributed by atoms with Gasteiger partial charge in [0.2, 0.25) is 0 Å². The van der Waals surface area contributed by atoms with E-state index >= 15 is 0 Å². The van der Waals surface area contributed by atoms with E-state index in [0.717, 1.165) is 10.5 Å². The maximum atomic E-state index is 12.8. The Bertz CT molecular complexity index is 880. The van der Waals surface area contributed by atoms with Crippen molar-refractivity contribution < 1.29 is 24.2 Å². The maximum Gasteiger partial charge on any atom is 0.323 e. The van der Waals surface area contributed by atoms with Crippen LogP contribution in [0, 0.1) is 5.92 Å². The molecule has 28 heavy (non-hydrogen) atoms. The minimum absolute atomic E-state index is 0.245. The molecular weight excluding hydrogens is 384 g/mol. The van der Waals surface area contributed by atoms with Crippen molar-refractivity contribution in [3.8, 4) is 0 Å². The van der Waals surface area contributed by atoms with E-state index in [1.54, 1.807) is 12.2 Å². The number of ketones is 1. The number of likely N-dealkylation sites (N-methyl/N-ethyl adjacent to an activating group) is 1. The molecule has 1 heterocycles. The first-order valence-electron chi connectivity index (χ1n) is 8.62. The number of carbonyl (C=O) groups is 3. The highest BCUT2D eigenvalue weighted by Crippen LogP contribution is 2.34. The molecule has 0 bridgehead atoms. The number of ether oxygens (including phenoxy) is 1. The van der Waals surface area contributed by atoms with Crippen LogP contribution in [0.15, 0.2) is 59.1 Å². The van der Waals surface area contributed by atoms with Crippen LogP contribution >= 0.6 is 11.6 Å². The lowest BCUT2D eigenvalue weighted by atomic mass is 9.85. The van der Waals surface area contributed by atoms with Gasteiger partial charge in [0.25, 0.3) is 5.91 Å². The van der Waals surface area contributed by atoms with Crippen molar-refractivity contribution in [3.63, 3.8) is 0 Å². The van der Waals surface area contributed by atoms with Crippen molar-refractivity contribution in [2.24, 2.45) is 10.9 Å². The van der Waals surface area contributed by atoms with Gasteiger partial charge in [-0.05, 0) is 17.7 Å². The second kappa shape index (κ2) is 8.08. The molecule has 0 spiro atoms. The van der Waals surface area contributed by atoms with E-state index in [-0.39, 0.29) is 6.61 Å². The molecule has 1 amide bonds. The first-order valence-corrected chi connectivity index (χ1v) is 9.00. The van der Waals surface area contributed by atoms with Crippen LogP contribution in [0.2, 0.25) is 0 Å². The number of allylic oxidation sites excluding steroid dienone is 1. The number of carboxylic acid groups (broad SMARTS) is 1. The fourth-order valence-corrected chi connectivity index (χ4v) is 3.23.